The molecule has 478 valence electrons. The van der Waals surface area contributed by atoms with Gasteiger partial charge in [0.05, 0.1) is 33.8 Å². The lowest BCUT2D eigenvalue weighted by Crippen LogP contribution is -2.47. The van der Waals surface area contributed by atoms with Crippen LogP contribution in [0.3, 0.4) is 0 Å². The van der Waals surface area contributed by atoms with E-state index in [9.17, 15) is 19.0 Å². The largest absolute Gasteiger partial charge is 0.472 e. The summed E-state index contributed by atoms with van der Waals surface area (Å²) in [6, 6.07) is -0.855. The maximum atomic E-state index is 13.6. The summed E-state index contributed by atoms with van der Waals surface area (Å²) in [5, 5.41) is 3.07. The zero-order valence-corrected chi connectivity index (χ0v) is 55.6. The van der Waals surface area contributed by atoms with Crippen LogP contribution in [0.2, 0.25) is 0 Å². The van der Waals surface area contributed by atoms with Gasteiger partial charge in [-0.3, -0.25) is 18.6 Å². The lowest BCUT2D eigenvalue weighted by molar-refractivity contribution is -0.870. The van der Waals surface area contributed by atoms with E-state index in [1.807, 2.05) is 33.3 Å². The van der Waals surface area contributed by atoms with E-state index in [2.05, 4.69) is 86.8 Å². The van der Waals surface area contributed by atoms with Gasteiger partial charge in [0.25, 0.3) is 0 Å². The summed E-state index contributed by atoms with van der Waals surface area (Å²) in [5.41, 5.74) is 0. The second-order valence-electron chi connectivity index (χ2n) is 24.7. The van der Waals surface area contributed by atoms with Crippen LogP contribution in [0, 0.1) is 0 Å². The molecule has 0 aromatic heterocycles. The number of nitrogens with zero attached hydrogens (tertiary/aromatic N) is 1. The van der Waals surface area contributed by atoms with E-state index in [-0.39, 0.29) is 31.5 Å². The number of unbranched alkanes of at least 4 members (excludes halogenated alkanes) is 37. The molecule has 0 fully saturated rings. The number of ether oxygens (including phenoxy) is 1. The molecule has 0 aromatic carbocycles. The number of amides is 1. The van der Waals surface area contributed by atoms with Crippen LogP contribution in [0.25, 0.3) is 0 Å². The van der Waals surface area contributed by atoms with Gasteiger partial charge in [0.2, 0.25) is 5.91 Å². The predicted octanol–water partition coefficient (Wildman–Crippen LogP) is 22.0. The Morgan fingerprint density at radius 1 is 0.427 bits per heavy atom. The van der Waals surface area contributed by atoms with Crippen molar-refractivity contribution in [2.24, 2.45) is 0 Å². The molecule has 10 heteroatoms. The van der Waals surface area contributed by atoms with Gasteiger partial charge < -0.3 is 19.4 Å². The Labute approximate surface area is 508 Å². The van der Waals surface area contributed by atoms with Crippen LogP contribution in [0.1, 0.15) is 323 Å². The van der Waals surface area contributed by atoms with Crippen LogP contribution < -0.4 is 5.32 Å². The van der Waals surface area contributed by atoms with E-state index in [1.54, 1.807) is 0 Å². The van der Waals surface area contributed by atoms with Crippen molar-refractivity contribution in [3.8, 4) is 0 Å². The first kappa shape index (κ1) is 79.5. The molecule has 0 radical (unpaired) electrons. The molecular weight excluding hydrogens is 1040 g/mol. The number of hydrogen-bond acceptors (Lipinski definition) is 6. The Bertz CT molecular complexity index is 1630. The molecule has 2 N–H and O–H groups in total. The third-order valence-corrected chi connectivity index (χ3v) is 16.4. The first-order valence-corrected chi connectivity index (χ1v) is 36.3. The summed E-state index contributed by atoms with van der Waals surface area (Å²) in [5.74, 6) is -0.506. The average Bonchev–Trinajstić information content (AvgIpc) is 3.44. The second-order valence-corrected chi connectivity index (χ2v) is 26.1. The van der Waals surface area contributed by atoms with Crippen LogP contribution in [-0.4, -0.2) is 74.3 Å². The molecule has 0 spiro atoms. The summed E-state index contributed by atoms with van der Waals surface area (Å²) in [6.07, 6.45) is 80.4. The Morgan fingerprint density at radius 3 is 1.13 bits per heavy atom. The van der Waals surface area contributed by atoms with Crippen LogP contribution in [0.5, 0.6) is 0 Å². The van der Waals surface area contributed by atoms with Gasteiger partial charge in [0.1, 0.15) is 19.3 Å². The van der Waals surface area contributed by atoms with Gasteiger partial charge in [-0.2, -0.15) is 0 Å². The molecule has 1 amide bonds. The fourth-order valence-corrected chi connectivity index (χ4v) is 10.7. The normalized spacial score (nSPS) is 14.0. The molecule has 0 saturated carbocycles. The molecule has 9 nitrogen and oxygen atoms in total. The maximum Gasteiger partial charge on any atom is 0.472 e. The highest BCUT2D eigenvalue weighted by Crippen LogP contribution is 2.43. The highest BCUT2D eigenvalue weighted by molar-refractivity contribution is 7.47. The number of allylic oxidation sites excluding steroid dienone is 11. The first-order valence-electron chi connectivity index (χ1n) is 34.8. The van der Waals surface area contributed by atoms with Crippen molar-refractivity contribution in [3.63, 3.8) is 0 Å². The van der Waals surface area contributed by atoms with Crippen LogP contribution in [0.15, 0.2) is 72.9 Å². The minimum atomic E-state index is -4.46. The zero-order chi connectivity index (χ0) is 60.0. The van der Waals surface area contributed by atoms with Gasteiger partial charge in [-0.1, -0.05) is 280 Å². The van der Waals surface area contributed by atoms with E-state index in [0.29, 0.717) is 17.4 Å². The summed E-state index contributed by atoms with van der Waals surface area (Å²) in [7, 11) is 1.49. The number of hydrogen-bond donors (Lipinski definition) is 2. The zero-order valence-electron chi connectivity index (χ0n) is 54.7. The highest BCUT2D eigenvalue weighted by Gasteiger charge is 2.30. The van der Waals surface area contributed by atoms with E-state index in [0.717, 1.165) is 89.9 Å². The summed E-state index contributed by atoms with van der Waals surface area (Å²) in [6.45, 7) is 6.98. The minimum absolute atomic E-state index is 0.0372. The lowest BCUT2D eigenvalue weighted by atomic mass is 10.0. The second kappa shape index (κ2) is 61.5. The van der Waals surface area contributed by atoms with Crippen molar-refractivity contribution >= 4 is 19.7 Å². The predicted molar refractivity (Wildman–Crippen MR) is 355 cm³/mol. The topological polar surface area (TPSA) is 111 Å². The summed E-state index contributed by atoms with van der Waals surface area (Å²) in [4.78, 5) is 37.9. The van der Waals surface area contributed by atoms with Crippen molar-refractivity contribution in [2.45, 2.75) is 335 Å². The number of esters is 1. The fourth-order valence-electron chi connectivity index (χ4n) is 9.98. The molecule has 0 aliphatic carbocycles. The van der Waals surface area contributed by atoms with Gasteiger partial charge in [0, 0.05) is 12.8 Å². The first-order chi connectivity index (χ1) is 39.9. The molecule has 3 atom stereocenters. The average molecular weight is 1170 g/mol. The van der Waals surface area contributed by atoms with Gasteiger partial charge in [-0.05, 0) is 102 Å². The number of phosphoric acid groups is 1. The number of rotatable bonds is 63. The molecule has 0 heterocycles. The van der Waals surface area contributed by atoms with Crippen LogP contribution in [0.4, 0.5) is 0 Å². The van der Waals surface area contributed by atoms with Gasteiger partial charge in [0.15, 0.2) is 0 Å². The highest BCUT2D eigenvalue weighted by atomic mass is 31.2. The van der Waals surface area contributed by atoms with Gasteiger partial charge >= 0.3 is 13.8 Å². The van der Waals surface area contributed by atoms with Crippen molar-refractivity contribution in [1.82, 2.24) is 5.32 Å². The molecular formula is C72H134N2O7P+. The molecule has 0 aliphatic rings. The lowest BCUT2D eigenvalue weighted by Gasteiger charge is -2.27. The molecule has 3 unspecified atom stereocenters. The Balaban J connectivity index is 5.11. The Kier molecular flexibility index (Phi) is 59.6. The Morgan fingerprint density at radius 2 is 0.744 bits per heavy atom. The number of likely N-dealkylation sites (N-methyl/N-ethyl adjacent to an activating group) is 1. The molecule has 82 heavy (non-hydrogen) atoms. The quantitative estimate of drug-likeness (QED) is 0.0205. The Hall–Kier alpha value is -2.55. The van der Waals surface area contributed by atoms with Crippen LogP contribution in [-0.2, 0) is 27.9 Å². The van der Waals surface area contributed by atoms with Crippen molar-refractivity contribution in [2.75, 3.05) is 40.9 Å². The minimum Gasteiger partial charge on any atom is -0.456 e. The number of nitrogens with one attached hydrogen (secondary N) is 1. The van der Waals surface area contributed by atoms with E-state index >= 15 is 0 Å². The van der Waals surface area contributed by atoms with Gasteiger partial charge in [-0.15, -0.1) is 0 Å². The van der Waals surface area contributed by atoms with Crippen molar-refractivity contribution in [1.29, 1.82) is 0 Å². The standard InChI is InChI=1S/C72H133N2O7P/c1-7-10-13-16-19-22-25-28-30-32-34-36-37-39-41-43-45-47-50-53-56-59-62-65-72(76)81-70(63-60-57-54-51-48-27-24-21-18-15-12-9-3)69(68-80-82(77,78)79-67-66-74(4,5)6)73-71(75)64-61-58-55-52-49-46-44-42-40-38-35-33-31-29-26-23-20-17-14-11-8-2/h19-20,22-23,28-31,35,38,60,63,69-70H,7-18,21,24-27,32-34,36-37,39-59,61-62,64-68H2,1-6H3,(H-,73,75,77,78)/p+1/b22-19-,23-20-,30-28-,31-29-,38-35-,63-60+. The number of quaternary nitrogens is 1. The molecule has 0 aliphatic heterocycles. The number of carbonyl (C=O) groups excluding carboxylic acids is 2. The molecule has 0 saturated heterocycles. The van der Waals surface area contributed by atoms with E-state index < -0.39 is 20.0 Å². The van der Waals surface area contributed by atoms with Crippen molar-refractivity contribution in [3.05, 3.63) is 72.9 Å². The molecule has 0 aromatic rings. The fraction of sp³-hybridized carbons (Fsp3) is 0.806. The summed E-state index contributed by atoms with van der Waals surface area (Å²) >= 11 is 0. The van der Waals surface area contributed by atoms with E-state index in [1.165, 1.54) is 199 Å². The maximum absolute atomic E-state index is 13.6. The smallest absolute Gasteiger partial charge is 0.456 e. The SMILES string of the molecule is CCCCC/C=C\C/C=C\C/C=C\CCCCCCCCCCC(=O)NC(COP(=O)(O)OCC[N+](C)(C)C)C(/C=C/CCCCCCCCCCCC)OC(=O)CCCCCCCCCCCCCCC/C=C\C/C=C\CCCCC. The van der Waals surface area contributed by atoms with Gasteiger partial charge in [-0.25, -0.2) is 4.57 Å². The van der Waals surface area contributed by atoms with Crippen LogP contribution >= 0.6 is 7.82 Å². The third kappa shape index (κ3) is 62.0. The summed E-state index contributed by atoms with van der Waals surface area (Å²) < 4.78 is 30.8. The monoisotopic (exact) mass is 1170 g/mol. The third-order valence-electron chi connectivity index (χ3n) is 15.4. The number of carbonyl (C=O) groups is 2. The molecule has 0 bridgehead atoms. The van der Waals surface area contributed by atoms with Crippen molar-refractivity contribution < 1.29 is 37.3 Å². The molecule has 0 rings (SSSR count). The number of phosphoric ester groups is 1. The van der Waals surface area contributed by atoms with E-state index in [4.69, 9.17) is 13.8 Å².